The molecule has 0 aromatic heterocycles. The van der Waals surface area contributed by atoms with Gasteiger partial charge < -0.3 is 10.1 Å². The van der Waals surface area contributed by atoms with Crippen LogP contribution in [0.4, 0.5) is 5.69 Å². The quantitative estimate of drug-likeness (QED) is 0.866. The first-order valence-electron chi connectivity index (χ1n) is 6.84. The standard InChI is InChI=1S/C18H19NO/c1-13-12-18(2,14-8-10-15(20-3)11-9-14)19-17-7-5-4-6-16(13)17/h4-12,19H,1-3H3. The molecule has 20 heavy (non-hydrogen) atoms. The monoisotopic (exact) mass is 265 g/mol. The van der Waals surface area contributed by atoms with E-state index >= 15 is 0 Å². The van der Waals surface area contributed by atoms with E-state index in [1.165, 1.54) is 22.4 Å². The highest BCUT2D eigenvalue weighted by molar-refractivity contribution is 5.80. The maximum Gasteiger partial charge on any atom is 0.118 e. The van der Waals surface area contributed by atoms with Crippen molar-refractivity contribution < 1.29 is 4.74 Å². The van der Waals surface area contributed by atoms with Gasteiger partial charge in [-0.2, -0.15) is 0 Å². The number of hydrogen-bond acceptors (Lipinski definition) is 2. The molecule has 1 aliphatic heterocycles. The summed E-state index contributed by atoms with van der Waals surface area (Å²) in [5, 5.41) is 3.64. The molecule has 1 N–H and O–H groups in total. The van der Waals surface area contributed by atoms with Gasteiger partial charge in [-0.3, -0.25) is 0 Å². The molecule has 2 aromatic rings. The lowest BCUT2D eigenvalue weighted by Crippen LogP contribution is -2.32. The number of ether oxygens (including phenoxy) is 1. The molecule has 0 saturated heterocycles. The molecule has 2 aromatic carbocycles. The summed E-state index contributed by atoms with van der Waals surface area (Å²) in [5.74, 6) is 0.884. The van der Waals surface area contributed by atoms with E-state index in [1.807, 2.05) is 12.1 Å². The minimum absolute atomic E-state index is 0.190. The van der Waals surface area contributed by atoms with Gasteiger partial charge in [-0.1, -0.05) is 36.4 Å². The van der Waals surface area contributed by atoms with E-state index in [0.29, 0.717) is 0 Å². The molecule has 102 valence electrons. The van der Waals surface area contributed by atoms with Crippen LogP contribution in [0.3, 0.4) is 0 Å². The third-order valence-corrected chi connectivity index (χ3v) is 3.94. The summed E-state index contributed by atoms with van der Waals surface area (Å²) < 4.78 is 5.23. The molecule has 0 fully saturated rings. The Bertz CT molecular complexity index is 657. The van der Waals surface area contributed by atoms with Crippen LogP contribution in [0.25, 0.3) is 5.57 Å². The zero-order valence-corrected chi connectivity index (χ0v) is 12.1. The number of fused-ring (bicyclic) bond motifs is 1. The summed E-state index contributed by atoms with van der Waals surface area (Å²) in [6, 6.07) is 16.7. The van der Waals surface area contributed by atoms with Crippen molar-refractivity contribution in [2.24, 2.45) is 0 Å². The first-order chi connectivity index (χ1) is 9.62. The number of methoxy groups -OCH3 is 1. The van der Waals surface area contributed by atoms with Crippen molar-refractivity contribution in [2.45, 2.75) is 19.4 Å². The maximum absolute atomic E-state index is 5.23. The van der Waals surface area contributed by atoms with E-state index in [1.54, 1.807) is 7.11 Å². The summed E-state index contributed by atoms with van der Waals surface area (Å²) in [6.07, 6.45) is 2.29. The molecule has 1 aliphatic rings. The molecular weight excluding hydrogens is 246 g/mol. The van der Waals surface area contributed by atoms with Gasteiger partial charge in [0, 0.05) is 11.3 Å². The lowest BCUT2D eigenvalue weighted by Gasteiger charge is -2.35. The Morgan fingerprint density at radius 3 is 2.40 bits per heavy atom. The number of hydrogen-bond donors (Lipinski definition) is 1. The molecule has 1 unspecified atom stereocenters. The van der Waals surface area contributed by atoms with Crippen LogP contribution < -0.4 is 10.1 Å². The summed E-state index contributed by atoms with van der Waals surface area (Å²) in [7, 11) is 1.69. The van der Waals surface area contributed by atoms with Crippen LogP contribution in [0.5, 0.6) is 5.75 Å². The number of allylic oxidation sites excluding steroid dienone is 1. The zero-order chi connectivity index (χ0) is 14.2. The molecule has 3 rings (SSSR count). The van der Waals surface area contributed by atoms with Crippen molar-refractivity contribution in [3.8, 4) is 5.75 Å². The van der Waals surface area contributed by atoms with Crippen LogP contribution in [0.1, 0.15) is 25.0 Å². The van der Waals surface area contributed by atoms with Gasteiger partial charge in [0.05, 0.1) is 12.6 Å². The highest BCUT2D eigenvalue weighted by Crippen LogP contribution is 2.38. The fraction of sp³-hybridized carbons (Fsp3) is 0.222. The topological polar surface area (TPSA) is 21.3 Å². The van der Waals surface area contributed by atoms with Gasteiger partial charge in [0.25, 0.3) is 0 Å². The number of rotatable bonds is 2. The highest BCUT2D eigenvalue weighted by atomic mass is 16.5. The van der Waals surface area contributed by atoms with Crippen LogP contribution in [-0.4, -0.2) is 7.11 Å². The molecule has 0 spiro atoms. The molecule has 2 nitrogen and oxygen atoms in total. The molecule has 0 radical (unpaired) electrons. The van der Waals surface area contributed by atoms with Crippen LogP contribution in [-0.2, 0) is 5.54 Å². The third kappa shape index (κ3) is 2.07. The Hall–Kier alpha value is -2.22. The minimum Gasteiger partial charge on any atom is -0.497 e. The van der Waals surface area contributed by atoms with Gasteiger partial charge in [0.1, 0.15) is 5.75 Å². The van der Waals surface area contributed by atoms with Crippen molar-refractivity contribution in [3.05, 3.63) is 65.7 Å². The smallest absolute Gasteiger partial charge is 0.118 e. The summed E-state index contributed by atoms with van der Waals surface area (Å²) in [4.78, 5) is 0. The summed E-state index contributed by atoms with van der Waals surface area (Å²) >= 11 is 0. The minimum atomic E-state index is -0.190. The van der Waals surface area contributed by atoms with E-state index in [-0.39, 0.29) is 5.54 Å². The van der Waals surface area contributed by atoms with Gasteiger partial charge in [0.2, 0.25) is 0 Å². The summed E-state index contributed by atoms with van der Waals surface area (Å²) in [6.45, 7) is 4.37. The molecule has 0 bridgehead atoms. The SMILES string of the molecule is COc1ccc(C2(C)C=C(C)c3ccccc3N2)cc1. The van der Waals surface area contributed by atoms with Crippen LogP contribution in [0.15, 0.2) is 54.6 Å². The Kier molecular flexibility index (Phi) is 3.01. The van der Waals surface area contributed by atoms with Gasteiger partial charge in [-0.05, 0) is 43.2 Å². The van der Waals surface area contributed by atoms with E-state index in [4.69, 9.17) is 4.74 Å². The van der Waals surface area contributed by atoms with Crippen molar-refractivity contribution >= 4 is 11.3 Å². The molecule has 1 heterocycles. The predicted molar refractivity (Wildman–Crippen MR) is 84.1 cm³/mol. The molecule has 0 amide bonds. The second-order valence-corrected chi connectivity index (χ2v) is 5.43. The lowest BCUT2D eigenvalue weighted by molar-refractivity contribution is 0.414. The van der Waals surface area contributed by atoms with Gasteiger partial charge in [-0.15, -0.1) is 0 Å². The third-order valence-electron chi connectivity index (χ3n) is 3.94. The Morgan fingerprint density at radius 2 is 1.70 bits per heavy atom. The van der Waals surface area contributed by atoms with Crippen LogP contribution in [0.2, 0.25) is 0 Å². The highest BCUT2D eigenvalue weighted by Gasteiger charge is 2.28. The fourth-order valence-electron chi connectivity index (χ4n) is 2.86. The van der Waals surface area contributed by atoms with Crippen LogP contribution >= 0.6 is 0 Å². The first kappa shape index (κ1) is 12.8. The average Bonchev–Trinajstić information content (AvgIpc) is 2.47. The van der Waals surface area contributed by atoms with Crippen molar-refractivity contribution in [1.29, 1.82) is 0 Å². The fourth-order valence-corrected chi connectivity index (χ4v) is 2.86. The van der Waals surface area contributed by atoms with E-state index in [0.717, 1.165) is 5.75 Å². The number of nitrogens with one attached hydrogen (secondary N) is 1. The van der Waals surface area contributed by atoms with Crippen molar-refractivity contribution in [3.63, 3.8) is 0 Å². The van der Waals surface area contributed by atoms with Gasteiger partial charge in [0.15, 0.2) is 0 Å². The van der Waals surface area contributed by atoms with E-state index < -0.39 is 0 Å². The molecule has 0 saturated carbocycles. The largest absolute Gasteiger partial charge is 0.497 e. The van der Waals surface area contributed by atoms with E-state index in [9.17, 15) is 0 Å². The second kappa shape index (κ2) is 4.71. The molecule has 0 aliphatic carbocycles. The second-order valence-electron chi connectivity index (χ2n) is 5.43. The Labute approximate surface area is 120 Å². The Morgan fingerprint density at radius 1 is 1.00 bits per heavy atom. The number of anilines is 1. The van der Waals surface area contributed by atoms with Gasteiger partial charge in [-0.25, -0.2) is 0 Å². The van der Waals surface area contributed by atoms with Crippen molar-refractivity contribution in [2.75, 3.05) is 12.4 Å². The van der Waals surface area contributed by atoms with Crippen LogP contribution in [0, 0.1) is 0 Å². The normalized spacial score (nSPS) is 20.6. The molecular formula is C18H19NO. The van der Waals surface area contributed by atoms with E-state index in [2.05, 4.69) is 61.6 Å². The number of para-hydroxylation sites is 1. The molecule has 1 atom stereocenters. The average molecular weight is 265 g/mol. The zero-order valence-electron chi connectivity index (χ0n) is 12.1. The number of benzene rings is 2. The summed E-state index contributed by atoms with van der Waals surface area (Å²) in [5.41, 5.74) is 4.80. The van der Waals surface area contributed by atoms with Gasteiger partial charge >= 0.3 is 0 Å². The Balaban J connectivity index is 2.03. The molecule has 2 heteroatoms. The maximum atomic E-state index is 5.23. The van der Waals surface area contributed by atoms with Crippen molar-refractivity contribution in [1.82, 2.24) is 0 Å². The first-order valence-corrected chi connectivity index (χ1v) is 6.84. The lowest BCUT2D eigenvalue weighted by atomic mass is 9.84. The predicted octanol–water partition coefficient (Wildman–Crippen LogP) is 4.44.